The van der Waals surface area contributed by atoms with Crippen molar-refractivity contribution < 1.29 is 19.4 Å². The van der Waals surface area contributed by atoms with Gasteiger partial charge in [0, 0.05) is 6.42 Å². The van der Waals surface area contributed by atoms with Crippen molar-refractivity contribution in [1.29, 1.82) is 0 Å². The molecule has 180 valence electrons. The fourth-order valence-electron chi connectivity index (χ4n) is 3.38. The number of hydrogen-bond acceptors (Lipinski definition) is 5. The van der Waals surface area contributed by atoms with Gasteiger partial charge in [-0.15, -0.1) is 0 Å². The van der Waals surface area contributed by atoms with Crippen LogP contribution < -0.4 is 21.1 Å². The Kier molecular flexibility index (Phi) is 10.9. The Bertz CT molecular complexity index is 852. The van der Waals surface area contributed by atoms with Crippen LogP contribution >= 0.6 is 0 Å². The lowest BCUT2D eigenvalue weighted by Crippen LogP contribution is -2.54. The Hall–Kier alpha value is -2.90. The van der Waals surface area contributed by atoms with E-state index in [-0.39, 0.29) is 30.4 Å². The highest BCUT2D eigenvalue weighted by Crippen LogP contribution is 2.16. The molecule has 0 aliphatic heterocycles. The molecule has 3 atom stereocenters. The molecule has 0 spiro atoms. The van der Waals surface area contributed by atoms with Gasteiger partial charge in [-0.2, -0.15) is 0 Å². The zero-order valence-electron chi connectivity index (χ0n) is 19.8. The van der Waals surface area contributed by atoms with Crippen molar-refractivity contribution in [1.82, 2.24) is 10.6 Å². The number of nitrogens with two attached hydrogens (primary N) is 1. The van der Waals surface area contributed by atoms with Gasteiger partial charge < -0.3 is 26.2 Å². The van der Waals surface area contributed by atoms with Crippen molar-refractivity contribution in [3.05, 3.63) is 65.7 Å². The Labute approximate surface area is 196 Å². The van der Waals surface area contributed by atoms with E-state index in [1.165, 1.54) is 0 Å². The Balaban J connectivity index is 2.05. The summed E-state index contributed by atoms with van der Waals surface area (Å²) in [5, 5.41) is 15.0. The molecule has 0 saturated heterocycles. The number of nitrogens with one attached hydrogen (secondary N) is 2. The Morgan fingerprint density at radius 1 is 0.970 bits per heavy atom. The van der Waals surface area contributed by atoms with Gasteiger partial charge in [-0.3, -0.25) is 9.59 Å². The monoisotopic (exact) mass is 455 g/mol. The van der Waals surface area contributed by atoms with Gasteiger partial charge in [0.05, 0.1) is 18.7 Å². The predicted octanol–water partition coefficient (Wildman–Crippen LogP) is 2.55. The largest absolute Gasteiger partial charge is 0.489 e. The van der Waals surface area contributed by atoms with E-state index >= 15 is 0 Å². The normalized spacial score (nSPS) is 13.8. The lowest BCUT2D eigenvalue weighted by Gasteiger charge is -2.24. The van der Waals surface area contributed by atoms with Gasteiger partial charge in [0.15, 0.2) is 0 Å². The first-order chi connectivity index (χ1) is 15.8. The molecule has 0 fully saturated rings. The second-order valence-electron chi connectivity index (χ2n) is 8.72. The molecule has 5 N–H and O–H groups in total. The van der Waals surface area contributed by atoms with E-state index in [9.17, 15) is 14.7 Å². The molecule has 0 aromatic heterocycles. The van der Waals surface area contributed by atoms with Crippen LogP contribution in [0.4, 0.5) is 0 Å². The number of benzene rings is 2. The van der Waals surface area contributed by atoms with Gasteiger partial charge in [0.25, 0.3) is 0 Å². The van der Waals surface area contributed by atoms with Gasteiger partial charge in [-0.1, -0.05) is 63.2 Å². The standard InChI is InChI=1S/C26H37N3O4/c1-4-21(16-30)28-26(32)24(29-25(31)23(27)14-18(2)3)15-19-10-12-22(13-11-19)33-17-20-8-6-5-7-9-20/h5-13,18,21,23-24,30H,4,14-17,27H2,1-3H3,(H,28,32)(H,29,31). The molecule has 0 radical (unpaired) electrons. The maximum Gasteiger partial charge on any atom is 0.243 e. The number of amides is 2. The van der Waals surface area contributed by atoms with Crippen LogP contribution in [0.5, 0.6) is 5.75 Å². The molecule has 2 aromatic carbocycles. The third kappa shape index (κ3) is 9.24. The van der Waals surface area contributed by atoms with Crippen molar-refractivity contribution >= 4 is 11.8 Å². The van der Waals surface area contributed by atoms with E-state index in [0.717, 1.165) is 16.9 Å². The van der Waals surface area contributed by atoms with Gasteiger partial charge in [-0.05, 0) is 42.0 Å². The number of ether oxygens (including phenoxy) is 1. The fraction of sp³-hybridized carbons (Fsp3) is 0.462. The molecule has 3 unspecified atom stereocenters. The molecule has 0 heterocycles. The number of aliphatic hydroxyl groups excluding tert-OH is 1. The van der Waals surface area contributed by atoms with Gasteiger partial charge >= 0.3 is 0 Å². The molecule has 33 heavy (non-hydrogen) atoms. The number of carbonyl (C=O) groups excluding carboxylic acids is 2. The number of carbonyl (C=O) groups is 2. The number of rotatable bonds is 13. The summed E-state index contributed by atoms with van der Waals surface area (Å²) in [7, 11) is 0. The van der Waals surface area contributed by atoms with Crippen molar-refractivity contribution in [2.45, 2.75) is 64.8 Å². The molecule has 0 aliphatic rings. The minimum atomic E-state index is -0.799. The van der Waals surface area contributed by atoms with E-state index in [1.807, 2.05) is 75.4 Å². The molecule has 0 bridgehead atoms. The topological polar surface area (TPSA) is 114 Å². The van der Waals surface area contributed by atoms with Crippen LogP contribution in [-0.4, -0.2) is 41.7 Å². The summed E-state index contributed by atoms with van der Waals surface area (Å²) in [4.78, 5) is 25.5. The lowest BCUT2D eigenvalue weighted by molar-refractivity contribution is -0.130. The number of hydrogen-bond donors (Lipinski definition) is 4. The zero-order chi connectivity index (χ0) is 24.2. The van der Waals surface area contributed by atoms with Crippen LogP contribution in [0.3, 0.4) is 0 Å². The van der Waals surface area contributed by atoms with Crippen LogP contribution in [0.2, 0.25) is 0 Å². The highest BCUT2D eigenvalue weighted by atomic mass is 16.5. The molecular weight excluding hydrogens is 418 g/mol. The Morgan fingerprint density at radius 2 is 1.64 bits per heavy atom. The molecule has 2 aromatic rings. The molecule has 7 heteroatoms. The van der Waals surface area contributed by atoms with Crippen molar-refractivity contribution in [3.8, 4) is 5.75 Å². The molecule has 0 saturated carbocycles. The minimum absolute atomic E-state index is 0.163. The highest BCUT2D eigenvalue weighted by Gasteiger charge is 2.25. The quantitative estimate of drug-likeness (QED) is 0.371. The average molecular weight is 456 g/mol. The van der Waals surface area contributed by atoms with Crippen LogP contribution in [0.15, 0.2) is 54.6 Å². The minimum Gasteiger partial charge on any atom is -0.489 e. The van der Waals surface area contributed by atoms with Crippen molar-refractivity contribution in [3.63, 3.8) is 0 Å². The average Bonchev–Trinajstić information content (AvgIpc) is 2.81. The number of aliphatic hydroxyl groups is 1. The molecule has 0 aliphatic carbocycles. The van der Waals surface area contributed by atoms with E-state index in [2.05, 4.69) is 10.6 Å². The fourth-order valence-corrected chi connectivity index (χ4v) is 3.38. The SMILES string of the molecule is CCC(CO)NC(=O)C(Cc1ccc(OCc2ccccc2)cc1)NC(=O)C(N)CC(C)C. The Morgan fingerprint density at radius 3 is 2.21 bits per heavy atom. The lowest BCUT2D eigenvalue weighted by atomic mass is 10.0. The van der Waals surface area contributed by atoms with Gasteiger partial charge in [0.2, 0.25) is 11.8 Å². The summed E-state index contributed by atoms with van der Waals surface area (Å²) in [6.07, 6.45) is 1.41. The summed E-state index contributed by atoms with van der Waals surface area (Å²) < 4.78 is 5.82. The second-order valence-corrected chi connectivity index (χ2v) is 8.72. The summed E-state index contributed by atoms with van der Waals surface area (Å²) in [6, 6.07) is 15.5. The summed E-state index contributed by atoms with van der Waals surface area (Å²) in [5.41, 5.74) is 7.96. The highest BCUT2D eigenvalue weighted by molar-refractivity contribution is 5.90. The first kappa shape index (κ1) is 26.4. The van der Waals surface area contributed by atoms with Crippen molar-refractivity contribution in [2.75, 3.05) is 6.61 Å². The third-order valence-electron chi connectivity index (χ3n) is 5.37. The predicted molar refractivity (Wildman–Crippen MR) is 130 cm³/mol. The van der Waals surface area contributed by atoms with E-state index in [4.69, 9.17) is 10.5 Å². The van der Waals surface area contributed by atoms with Crippen LogP contribution in [0, 0.1) is 5.92 Å². The first-order valence-electron chi connectivity index (χ1n) is 11.5. The molecular formula is C26H37N3O4. The van der Waals surface area contributed by atoms with Crippen LogP contribution in [0.25, 0.3) is 0 Å². The van der Waals surface area contributed by atoms with Crippen molar-refractivity contribution in [2.24, 2.45) is 11.7 Å². The van der Waals surface area contributed by atoms with Gasteiger partial charge in [-0.25, -0.2) is 0 Å². The van der Waals surface area contributed by atoms with Crippen LogP contribution in [0.1, 0.15) is 44.7 Å². The third-order valence-corrected chi connectivity index (χ3v) is 5.37. The summed E-state index contributed by atoms with van der Waals surface area (Å²) >= 11 is 0. The van der Waals surface area contributed by atoms with Gasteiger partial charge in [0.1, 0.15) is 18.4 Å². The molecule has 2 rings (SSSR count). The van der Waals surface area contributed by atoms with E-state index in [0.29, 0.717) is 25.9 Å². The molecule has 2 amide bonds. The first-order valence-corrected chi connectivity index (χ1v) is 11.5. The smallest absolute Gasteiger partial charge is 0.243 e. The molecule has 7 nitrogen and oxygen atoms in total. The second kappa shape index (κ2) is 13.6. The summed E-state index contributed by atoms with van der Waals surface area (Å²) in [6.45, 7) is 6.16. The maximum absolute atomic E-state index is 12.9. The van der Waals surface area contributed by atoms with E-state index < -0.39 is 12.1 Å². The summed E-state index contributed by atoms with van der Waals surface area (Å²) in [5.74, 6) is 0.285. The maximum atomic E-state index is 12.9. The van der Waals surface area contributed by atoms with Crippen LogP contribution in [-0.2, 0) is 22.6 Å². The zero-order valence-corrected chi connectivity index (χ0v) is 19.8. The van der Waals surface area contributed by atoms with E-state index in [1.54, 1.807) is 0 Å².